The molecule has 4 N–H and O–H groups in total. The minimum Gasteiger partial charge on any atom is -0.394 e. The number of aliphatic hydroxyl groups is 3. The van der Waals surface area contributed by atoms with Gasteiger partial charge in [-0.15, -0.1) is 0 Å². The van der Waals surface area contributed by atoms with Crippen molar-refractivity contribution < 1.29 is 33.3 Å². The van der Waals surface area contributed by atoms with Crippen molar-refractivity contribution in [2.75, 3.05) is 25.0 Å². The average Bonchev–Trinajstić information content (AvgIpc) is 3.25. The number of aliphatic hydroxyl groups excluding tert-OH is 3. The van der Waals surface area contributed by atoms with Crippen LogP contribution in [0.25, 0.3) is 0 Å². The van der Waals surface area contributed by atoms with Crippen molar-refractivity contribution in [3.63, 3.8) is 0 Å². The van der Waals surface area contributed by atoms with Crippen LogP contribution < -0.4 is 5.32 Å². The molecule has 2 fully saturated rings. The topological polar surface area (TPSA) is 136 Å². The van der Waals surface area contributed by atoms with Crippen LogP contribution in [0.1, 0.15) is 12.8 Å². The molecule has 0 bridgehead atoms. The highest BCUT2D eigenvalue weighted by Crippen LogP contribution is 2.25. The Bertz CT molecular complexity index is 764. The van der Waals surface area contributed by atoms with Crippen molar-refractivity contribution in [2.24, 2.45) is 0 Å². The summed E-state index contributed by atoms with van der Waals surface area (Å²) in [6.07, 6.45) is -3.63. The highest BCUT2D eigenvalue weighted by atomic mass is 32.2. The number of carbonyl (C=O) groups is 1. The summed E-state index contributed by atoms with van der Waals surface area (Å²) in [5.74, 6) is -0.733. The van der Waals surface area contributed by atoms with E-state index < -0.39 is 47.0 Å². The number of carbonyl (C=O) groups excluding carboxylic acids is 1. The number of amides is 1. The molecular formula is C16H22N2O7S. The number of benzene rings is 1. The summed E-state index contributed by atoms with van der Waals surface area (Å²) in [6, 6.07) is 5.82. The highest BCUT2D eigenvalue weighted by molar-refractivity contribution is 7.89. The zero-order chi connectivity index (χ0) is 18.9. The molecule has 2 saturated heterocycles. The molecule has 0 saturated carbocycles. The molecule has 1 amide bonds. The van der Waals surface area contributed by atoms with Gasteiger partial charge in [-0.25, -0.2) is 8.42 Å². The number of anilines is 1. The molecule has 2 heterocycles. The molecule has 2 aliphatic rings. The minimum atomic E-state index is -3.62. The summed E-state index contributed by atoms with van der Waals surface area (Å²) >= 11 is 0. The van der Waals surface area contributed by atoms with Crippen LogP contribution in [0.2, 0.25) is 0 Å². The van der Waals surface area contributed by atoms with E-state index in [0.717, 1.165) is 12.8 Å². The molecule has 144 valence electrons. The van der Waals surface area contributed by atoms with Crippen LogP contribution in [0, 0.1) is 0 Å². The van der Waals surface area contributed by atoms with Gasteiger partial charge in [0, 0.05) is 18.8 Å². The van der Waals surface area contributed by atoms with E-state index in [4.69, 9.17) is 9.84 Å². The molecule has 1 aromatic rings. The summed E-state index contributed by atoms with van der Waals surface area (Å²) in [6.45, 7) is 0.411. The summed E-state index contributed by atoms with van der Waals surface area (Å²) in [7, 11) is -3.62. The monoisotopic (exact) mass is 386 g/mol. The van der Waals surface area contributed by atoms with Crippen LogP contribution in [0.5, 0.6) is 0 Å². The molecule has 10 heteroatoms. The van der Waals surface area contributed by atoms with Gasteiger partial charge in [0.25, 0.3) is 5.91 Å². The fourth-order valence-electron chi connectivity index (χ4n) is 3.14. The molecule has 0 radical (unpaired) electrons. The van der Waals surface area contributed by atoms with Gasteiger partial charge in [0.1, 0.15) is 18.3 Å². The number of rotatable bonds is 5. The van der Waals surface area contributed by atoms with Gasteiger partial charge in [0.05, 0.1) is 11.5 Å². The lowest BCUT2D eigenvalue weighted by molar-refractivity contribution is -0.130. The number of nitrogens with zero attached hydrogens (tertiary/aromatic N) is 1. The molecule has 4 atom stereocenters. The second kappa shape index (κ2) is 7.59. The number of ether oxygens (including phenoxy) is 1. The Labute approximate surface area is 151 Å². The Kier molecular flexibility index (Phi) is 5.61. The van der Waals surface area contributed by atoms with Crippen molar-refractivity contribution in [3.8, 4) is 0 Å². The van der Waals surface area contributed by atoms with E-state index in [1.165, 1.54) is 28.6 Å². The van der Waals surface area contributed by atoms with Gasteiger partial charge in [0.2, 0.25) is 10.0 Å². The predicted molar refractivity (Wildman–Crippen MR) is 90.8 cm³/mol. The van der Waals surface area contributed by atoms with Crippen molar-refractivity contribution in [3.05, 3.63) is 24.3 Å². The molecular weight excluding hydrogens is 364 g/mol. The number of hydrogen-bond donors (Lipinski definition) is 4. The third-order valence-corrected chi connectivity index (χ3v) is 6.50. The fourth-order valence-corrected chi connectivity index (χ4v) is 4.70. The molecule has 3 rings (SSSR count). The van der Waals surface area contributed by atoms with Crippen molar-refractivity contribution in [1.82, 2.24) is 4.31 Å². The van der Waals surface area contributed by atoms with Gasteiger partial charge < -0.3 is 25.4 Å². The van der Waals surface area contributed by atoms with Crippen LogP contribution >= 0.6 is 0 Å². The van der Waals surface area contributed by atoms with Gasteiger partial charge in [-0.1, -0.05) is 6.07 Å². The van der Waals surface area contributed by atoms with Gasteiger partial charge in [-0.2, -0.15) is 4.31 Å². The maximum absolute atomic E-state index is 12.6. The van der Waals surface area contributed by atoms with Crippen LogP contribution in [-0.4, -0.2) is 78.1 Å². The summed E-state index contributed by atoms with van der Waals surface area (Å²) in [4.78, 5) is 12.4. The van der Waals surface area contributed by atoms with E-state index in [2.05, 4.69) is 5.32 Å². The lowest BCUT2D eigenvalue weighted by Crippen LogP contribution is -2.39. The van der Waals surface area contributed by atoms with Crippen molar-refractivity contribution >= 4 is 21.6 Å². The van der Waals surface area contributed by atoms with Gasteiger partial charge in [-0.3, -0.25) is 4.79 Å². The maximum atomic E-state index is 12.6. The number of sulfonamides is 1. The summed E-state index contributed by atoms with van der Waals surface area (Å²) in [5.41, 5.74) is 0.230. The highest BCUT2D eigenvalue weighted by Gasteiger charge is 2.46. The molecule has 0 aliphatic carbocycles. The van der Waals surface area contributed by atoms with Crippen LogP contribution in [-0.2, 0) is 19.6 Å². The van der Waals surface area contributed by atoms with Gasteiger partial charge >= 0.3 is 0 Å². The Morgan fingerprint density at radius 3 is 2.54 bits per heavy atom. The van der Waals surface area contributed by atoms with Crippen molar-refractivity contribution in [2.45, 2.75) is 42.2 Å². The van der Waals surface area contributed by atoms with E-state index in [1.54, 1.807) is 0 Å². The Balaban J connectivity index is 1.74. The Morgan fingerprint density at radius 2 is 1.92 bits per heavy atom. The molecule has 0 unspecified atom stereocenters. The number of nitrogens with one attached hydrogen (secondary N) is 1. The van der Waals surface area contributed by atoms with E-state index >= 15 is 0 Å². The summed E-state index contributed by atoms with van der Waals surface area (Å²) < 4.78 is 31.7. The first-order valence-electron chi connectivity index (χ1n) is 8.38. The fraction of sp³-hybridized carbons (Fsp3) is 0.562. The number of hydrogen-bond acceptors (Lipinski definition) is 7. The molecule has 0 aromatic heterocycles. The van der Waals surface area contributed by atoms with E-state index in [1.807, 2.05) is 0 Å². The van der Waals surface area contributed by atoms with E-state index in [-0.39, 0.29) is 10.6 Å². The largest absolute Gasteiger partial charge is 0.394 e. The van der Waals surface area contributed by atoms with Gasteiger partial charge in [0.15, 0.2) is 6.10 Å². The Hall–Kier alpha value is -1.56. The van der Waals surface area contributed by atoms with Crippen LogP contribution in [0.3, 0.4) is 0 Å². The minimum absolute atomic E-state index is 0.0679. The second-order valence-corrected chi connectivity index (χ2v) is 8.33. The average molecular weight is 386 g/mol. The van der Waals surface area contributed by atoms with Crippen molar-refractivity contribution in [1.29, 1.82) is 0 Å². The predicted octanol–water partition coefficient (Wildman–Crippen LogP) is -1.11. The molecule has 0 spiro atoms. The third-order valence-electron chi connectivity index (χ3n) is 4.61. The second-order valence-electron chi connectivity index (χ2n) is 6.39. The van der Waals surface area contributed by atoms with Crippen LogP contribution in [0.15, 0.2) is 29.2 Å². The summed E-state index contributed by atoms with van der Waals surface area (Å²) in [5, 5.41) is 31.2. The molecule has 9 nitrogen and oxygen atoms in total. The molecule has 1 aromatic carbocycles. The first kappa shape index (κ1) is 19.2. The first-order valence-corrected chi connectivity index (χ1v) is 9.82. The quantitative estimate of drug-likeness (QED) is 0.504. The van der Waals surface area contributed by atoms with Gasteiger partial charge in [-0.05, 0) is 31.0 Å². The molecule has 2 aliphatic heterocycles. The van der Waals surface area contributed by atoms with E-state index in [0.29, 0.717) is 13.1 Å². The maximum Gasteiger partial charge on any atom is 0.256 e. The zero-order valence-corrected chi connectivity index (χ0v) is 14.8. The first-order chi connectivity index (χ1) is 12.3. The lowest BCUT2D eigenvalue weighted by Gasteiger charge is -2.17. The van der Waals surface area contributed by atoms with Crippen LogP contribution in [0.4, 0.5) is 5.69 Å². The zero-order valence-electron chi connectivity index (χ0n) is 14.0. The lowest BCUT2D eigenvalue weighted by atomic mass is 10.1. The smallest absolute Gasteiger partial charge is 0.256 e. The standard InChI is InChI=1S/C16H22N2O7S/c19-9-12-13(20)14(21)15(25-12)16(22)17-10-4-3-5-11(8-10)26(23,24)18-6-1-2-7-18/h3-5,8,12-15,19-21H,1-2,6-7,9H2,(H,17,22)/t12-,13-,14-,15-/m1/s1. The normalized spacial score (nSPS) is 29.8. The Morgan fingerprint density at radius 1 is 1.23 bits per heavy atom. The SMILES string of the molecule is O=C(Nc1cccc(S(=O)(=O)N2CCCC2)c1)[C@@H]1O[C@H](CO)[C@@H](O)[C@H]1O. The third kappa shape index (κ3) is 3.61. The molecule has 26 heavy (non-hydrogen) atoms. The van der Waals surface area contributed by atoms with E-state index in [9.17, 15) is 23.4 Å².